The highest BCUT2D eigenvalue weighted by Crippen LogP contribution is 2.37. The van der Waals surface area contributed by atoms with Crippen molar-refractivity contribution in [1.82, 2.24) is 0 Å². The second-order valence-electron chi connectivity index (χ2n) is 7.65. The highest BCUT2D eigenvalue weighted by atomic mass is 32.1. The van der Waals surface area contributed by atoms with Crippen LogP contribution in [0, 0.1) is 5.92 Å². The van der Waals surface area contributed by atoms with Gasteiger partial charge in [0.05, 0.1) is 0 Å². The summed E-state index contributed by atoms with van der Waals surface area (Å²) < 4.78 is 1.40. The third kappa shape index (κ3) is 2.91. The van der Waals surface area contributed by atoms with Crippen LogP contribution >= 0.6 is 11.3 Å². The Morgan fingerprint density at radius 3 is 2.21 bits per heavy atom. The summed E-state index contributed by atoms with van der Waals surface area (Å²) in [6, 6.07) is 24.8. The lowest BCUT2D eigenvalue weighted by molar-refractivity contribution is 0.609. The zero-order chi connectivity index (χ0) is 19.1. The molecule has 0 fully saturated rings. The van der Waals surface area contributed by atoms with Gasteiger partial charge in [0.2, 0.25) is 0 Å². The van der Waals surface area contributed by atoms with E-state index in [0.717, 1.165) is 0 Å². The molecule has 28 heavy (non-hydrogen) atoms. The van der Waals surface area contributed by atoms with Gasteiger partial charge in [-0.05, 0) is 75.4 Å². The lowest BCUT2D eigenvalue weighted by atomic mass is 9.97. The van der Waals surface area contributed by atoms with Crippen molar-refractivity contribution in [3.8, 4) is 0 Å². The molecule has 0 N–H and O–H groups in total. The number of fused-ring (bicyclic) bond motifs is 6. The summed E-state index contributed by atoms with van der Waals surface area (Å²) in [5, 5.41) is 9.35. The van der Waals surface area contributed by atoms with Crippen molar-refractivity contribution in [2.75, 3.05) is 0 Å². The van der Waals surface area contributed by atoms with Crippen LogP contribution in [0.15, 0.2) is 72.8 Å². The van der Waals surface area contributed by atoms with Crippen LogP contribution in [0.3, 0.4) is 0 Å². The molecule has 1 aromatic heterocycles. The van der Waals surface area contributed by atoms with Crippen LogP contribution in [0.25, 0.3) is 48.5 Å². The molecule has 0 nitrogen and oxygen atoms in total. The first-order valence-corrected chi connectivity index (χ1v) is 11.0. The van der Waals surface area contributed by atoms with Crippen LogP contribution in [0.1, 0.15) is 31.6 Å². The maximum absolute atomic E-state index is 2.38. The topological polar surface area (TPSA) is 0 Å². The van der Waals surface area contributed by atoms with Crippen molar-refractivity contribution in [1.29, 1.82) is 0 Å². The van der Waals surface area contributed by atoms with Crippen molar-refractivity contribution in [3.05, 3.63) is 77.7 Å². The van der Waals surface area contributed by atoms with Crippen molar-refractivity contribution < 1.29 is 0 Å². The van der Waals surface area contributed by atoms with Gasteiger partial charge in [0.25, 0.3) is 0 Å². The largest absolute Gasteiger partial charge is 0.135 e. The Hall–Kier alpha value is -2.64. The molecule has 0 saturated heterocycles. The monoisotopic (exact) mass is 380 g/mol. The molecule has 0 spiro atoms. The molecular formula is C27H24S. The minimum atomic E-state index is 0.680. The molecule has 0 atom stereocenters. The predicted molar refractivity (Wildman–Crippen MR) is 127 cm³/mol. The van der Waals surface area contributed by atoms with Crippen LogP contribution in [0.5, 0.6) is 0 Å². The van der Waals surface area contributed by atoms with Gasteiger partial charge in [-0.2, -0.15) is 0 Å². The second-order valence-corrected chi connectivity index (χ2v) is 8.73. The molecule has 0 unspecified atom stereocenters. The predicted octanol–water partition coefficient (Wildman–Crippen LogP) is 8.81. The summed E-state index contributed by atoms with van der Waals surface area (Å²) in [5.74, 6) is 0.680. The quantitative estimate of drug-likeness (QED) is 0.216. The van der Waals surface area contributed by atoms with Gasteiger partial charge in [-0.15, -0.1) is 11.3 Å². The number of allylic oxidation sites excluding steroid dienone is 1. The summed E-state index contributed by atoms with van der Waals surface area (Å²) in [6.07, 6.45) is 7.12. The molecule has 0 aliphatic heterocycles. The fourth-order valence-electron chi connectivity index (χ4n) is 4.22. The maximum Gasteiger partial charge on any atom is 0.0427 e. The lowest BCUT2D eigenvalue weighted by Gasteiger charge is -2.07. The molecule has 138 valence electrons. The van der Waals surface area contributed by atoms with Gasteiger partial charge in [0, 0.05) is 15.0 Å². The highest BCUT2D eigenvalue weighted by Gasteiger charge is 2.09. The van der Waals surface area contributed by atoms with E-state index in [2.05, 4.69) is 92.7 Å². The van der Waals surface area contributed by atoms with Crippen LogP contribution in [0.4, 0.5) is 0 Å². The Kier molecular flexibility index (Phi) is 4.41. The van der Waals surface area contributed by atoms with Crippen molar-refractivity contribution in [3.63, 3.8) is 0 Å². The van der Waals surface area contributed by atoms with Gasteiger partial charge in [-0.1, -0.05) is 68.5 Å². The molecular weight excluding hydrogens is 356 g/mol. The first kappa shape index (κ1) is 17.5. The molecule has 1 heterocycles. The van der Waals surface area contributed by atoms with Crippen LogP contribution < -0.4 is 0 Å². The van der Waals surface area contributed by atoms with E-state index in [9.17, 15) is 0 Å². The Morgan fingerprint density at radius 1 is 0.714 bits per heavy atom. The average molecular weight is 381 g/mol. The normalized spacial score (nSPS) is 12.4. The number of thiophene rings is 1. The summed E-state index contributed by atoms with van der Waals surface area (Å²) in [6.45, 7) is 4.54. The third-order valence-corrected chi connectivity index (χ3v) is 7.11. The SMILES string of the molecule is CCC(/C=C\c1cc2ccc3c4cc5ccccc5cc4ccc3c2s1)CC. The maximum atomic E-state index is 2.38. The Morgan fingerprint density at radius 2 is 1.43 bits per heavy atom. The van der Waals surface area contributed by atoms with Crippen LogP contribution in [0.2, 0.25) is 0 Å². The zero-order valence-electron chi connectivity index (χ0n) is 16.4. The minimum absolute atomic E-state index is 0.680. The third-order valence-electron chi connectivity index (χ3n) is 5.96. The van der Waals surface area contributed by atoms with E-state index < -0.39 is 0 Å². The van der Waals surface area contributed by atoms with E-state index in [1.54, 1.807) is 0 Å². The van der Waals surface area contributed by atoms with Crippen LogP contribution in [-0.2, 0) is 0 Å². The number of rotatable bonds is 4. The number of benzene rings is 4. The average Bonchev–Trinajstić information content (AvgIpc) is 3.16. The molecule has 0 radical (unpaired) electrons. The Labute approximate surface area is 170 Å². The Bertz CT molecular complexity index is 1330. The van der Waals surface area contributed by atoms with Gasteiger partial charge in [-0.25, -0.2) is 0 Å². The molecule has 5 rings (SSSR count). The summed E-state index contributed by atoms with van der Waals surface area (Å²) in [4.78, 5) is 1.35. The first-order chi connectivity index (χ1) is 13.8. The van der Waals surface area contributed by atoms with E-state index >= 15 is 0 Å². The van der Waals surface area contributed by atoms with Gasteiger partial charge in [0.1, 0.15) is 0 Å². The second kappa shape index (κ2) is 7.07. The minimum Gasteiger partial charge on any atom is -0.135 e. The van der Waals surface area contributed by atoms with E-state index in [4.69, 9.17) is 0 Å². The van der Waals surface area contributed by atoms with E-state index in [1.165, 1.54) is 60.1 Å². The molecule has 1 heteroatoms. The molecule has 0 aliphatic carbocycles. The molecule has 0 amide bonds. The molecule has 4 aromatic carbocycles. The zero-order valence-corrected chi connectivity index (χ0v) is 17.2. The van der Waals surface area contributed by atoms with Crippen LogP contribution in [-0.4, -0.2) is 0 Å². The van der Waals surface area contributed by atoms with Gasteiger partial charge < -0.3 is 0 Å². The van der Waals surface area contributed by atoms with E-state index in [-0.39, 0.29) is 0 Å². The molecule has 0 bridgehead atoms. The van der Waals surface area contributed by atoms with Crippen molar-refractivity contribution in [2.24, 2.45) is 5.92 Å². The fourth-order valence-corrected chi connectivity index (χ4v) is 5.32. The standard InChI is InChI=1S/C27H24S/c1-3-18(4-2)9-12-23-16-22-11-13-24-25(27(22)28-23)14-10-21-15-19-7-5-6-8-20(19)17-26(21)24/h5-18H,3-4H2,1-2H3/b12-9-. The highest BCUT2D eigenvalue weighted by molar-refractivity contribution is 7.20. The fraction of sp³-hybridized carbons (Fsp3) is 0.185. The number of hydrogen-bond donors (Lipinski definition) is 0. The molecule has 0 saturated carbocycles. The lowest BCUT2D eigenvalue weighted by Crippen LogP contribution is -1.89. The first-order valence-electron chi connectivity index (χ1n) is 10.2. The van der Waals surface area contributed by atoms with E-state index in [1.807, 2.05) is 11.3 Å². The van der Waals surface area contributed by atoms with Crippen molar-refractivity contribution in [2.45, 2.75) is 26.7 Å². The summed E-state index contributed by atoms with van der Waals surface area (Å²) in [5.41, 5.74) is 0. The summed E-state index contributed by atoms with van der Waals surface area (Å²) >= 11 is 1.92. The number of hydrogen-bond acceptors (Lipinski definition) is 1. The van der Waals surface area contributed by atoms with Gasteiger partial charge in [0.15, 0.2) is 0 Å². The van der Waals surface area contributed by atoms with E-state index in [0.29, 0.717) is 5.92 Å². The summed E-state index contributed by atoms with van der Waals surface area (Å²) in [7, 11) is 0. The Balaban J connectivity index is 1.71. The van der Waals surface area contributed by atoms with Crippen molar-refractivity contribution >= 4 is 59.8 Å². The van der Waals surface area contributed by atoms with Gasteiger partial charge in [-0.3, -0.25) is 0 Å². The molecule has 0 aliphatic rings. The smallest absolute Gasteiger partial charge is 0.0427 e. The molecule has 5 aromatic rings. The van der Waals surface area contributed by atoms with Gasteiger partial charge >= 0.3 is 0 Å².